The molecule has 26 heavy (non-hydrogen) atoms. The van der Waals surface area contributed by atoms with E-state index in [0.29, 0.717) is 6.42 Å². The Morgan fingerprint density at radius 1 is 1.23 bits per heavy atom. The van der Waals surface area contributed by atoms with Crippen LogP contribution in [0.5, 0.6) is 0 Å². The highest BCUT2D eigenvalue weighted by molar-refractivity contribution is 5.96. The van der Waals surface area contributed by atoms with Crippen LogP contribution < -0.4 is 5.32 Å². The van der Waals surface area contributed by atoms with E-state index in [2.05, 4.69) is 5.32 Å². The predicted molar refractivity (Wildman–Crippen MR) is 85.3 cm³/mol. The first-order valence-electron chi connectivity index (χ1n) is 8.05. The van der Waals surface area contributed by atoms with Gasteiger partial charge in [0.1, 0.15) is 0 Å². The molecule has 1 aromatic carbocycles. The normalized spacial score (nSPS) is 20.5. The number of carboxylic acid groups (broad SMARTS) is 1. The standard InChI is InChI=1S/C17H19F3N2O4/c1-10-9-22(7-6-13(10)16(25)26)14(23)8-21-15(24)11-2-4-12(5-3-11)17(18,19)20/h2-5,10,13H,6-9H2,1H3,(H,21,24)(H,25,26). The van der Waals surface area contributed by atoms with Crippen molar-refractivity contribution in [2.45, 2.75) is 19.5 Å². The molecule has 1 fully saturated rings. The Morgan fingerprint density at radius 2 is 1.85 bits per heavy atom. The third kappa shape index (κ3) is 4.74. The van der Waals surface area contributed by atoms with Crippen molar-refractivity contribution in [3.05, 3.63) is 35.4 Å². The fourth-order valence-electron chi connectivity index (χ4n) is 2.92. The molecule has 0 radical (unpaired) electrons. The van der Waals surface area contributed by atoms with E-state index < -0.39 is 29.5 Å². The number of benzene rings is 1. The molecule has 1 saturated heterocycles. The minimum atomic E-state index is -4.48. The summed E-state index contributed by atoms with van der Waals surface area (Å²) in [5.74, 6) is -2.60. The van der Waals surface area contributed by atoms with Crippen LogP contribution in [-0.2, 0) is 15.8 Å². The lowest BCUT2D eigenvalue weighted by molar-refractivity contribution is -0.148. The van der Waals surface area contributed by atoms with Crippen LogP contribution in [0.15, 0.2) is 24.3 Å². The van der Waals surface area contributed by atoms with E-state index in [4.69, 9.17) is 5.11 Å². The number of likely N-dealkylation sites (tertiary alicyclic amines) is 1. The number of nitrogens with one attached hydrogen (secondary N) is 1. The van der Waals surface area contributed by atoms with Crippen LogP contribution >= 0.6 is 0 Å². The van der Waals surface area contributed by atoms with Crippen molar-refractivity contribution in [3.8, 4) is 0 Å². The van der Waals surface area contributed by atoms with Crippen molar-refractivity contribution in [1.29, 1.82) is 0 Å². The molecule has 0 aromatic heterocycles. The van der Waals surface area contributed by atoms with Crippen molar-refractivity contribution < 1.29 is 32.7 Å². The van der Waals surface area contributed by atoms with Gasteiger partial charge in [0.05, 0.1) is 18.0 Å². The summed E-state index contributed by atoms with van der Waals surface area (Å²) in [7, 11) is 0. The molecule has 142 valence electrons. The molecule has 1 aromatic rings. The van der Waals surface area contributed by atoms with Gasteiger partial charge in [-0.05, 0) is 36.6 Å². The van der Waals surface area contributed by atoms with Gasteiger partial charge < -0.3 is 15.3 Å². The zero-order valence-corrected chi connectivity index (χ0v) is 14.0. The number of carbonyl (C=O) groups excluding carboxylic acids is 2. The van der Waals surface area contributed by atoms with Crippen LogP contribution in [0.3, 0.4) is 0 Å². The monoisotopic (exact) mass is 372 g/mol. The maximum absolute atomic E-state index is 12.5. The molecule has 2 rings (SSSR count). The van der Waals surface area contributed by atoms with Crippen molar-refractivity contribution >= 4 is 17.8 Å². The number of hydrogen-bond donors (Lipinski definition) is 2. The highest BCUT2D eigenvalue weighted by Crippen LogP contribution is 2.29. The van der Waals surface area contributed by atoms with Gasteiger partial charge in [-0.2, -0.15) is 13.2 Å². The molecule has 9 heteroatoms. The zero-order valence-electron chi connectivity index (χ0n) is 14.0. The number of rotatable bonds is 4. The Bertz CT molecular complexity index is 688. The minimum absolute atomic E-state index is 0.0174. The first-order valence-corrected chi connectivity index (χ1v) is 8.05. The lowest BCUT2D eigenvalue weighted by Gasteiger charge is -2.35. The second-order valence-corrected chi connectivity index (χ2v) is 6.31. The topological polar surface area (TPSA) is 86.7 Å². The van der Waals surface area contributed by atoms with Crippen LogP contribution in [0.2, 0.25) is 0 Å². The fourth-order valence-corrected chi connectivity index (χ4v) is 2.92. The third-order valence-corrected chi connectivity index (χ3v) is 4.45. The number of nitrogens with zero attached hydrogens (tertiary/aromatic N) is 1. The Hall–Kier alpha value is -2.58. The molecule has 0 bridgehead atoms. The molecule has 2 amide bonds. The van der Waals surface area contributed by atoms with Crippen LogP contribution in [0.4, 0.5) is 13.2 Å². The number of amides is 2. The molecule has 1 heterocycles. The van der Waals surface area contributed by atoms with Crippen molar-refractivity contribution in [2.24, 2.45) is 11.8 Å². The number of alkyl halides is 3. The fraction of sp³-hybridized carbons (Fsp3) is 0.471. The summed E-state index contributed by atoms with van der Waals surface area (Å²) in [6, 6.07) is 3.69. The molecule has 2 unspecified atom stereocenters. The molecule has 0 aliphatic carbocycles. The van der Waals surface area contributed by atoms with Gasteiger partial charge in [-0.25, -0.2) is 0 Å². The summed E-state index contributed by atoms with van der Waals surface area (Å²) < 4.78 is 37.5. The van der Waals surface area contributed by atoms with Gasteiger partial charge in [0.25, 0.3) is 5.91 Å². The van der Waals surface area contributed by atoms with Gasteiger partial charge in [0, 0.05) is 18.7 Å². The summed E-state index contributed by atoms with van der Waals surface area (Å²) in [4.78, 5) is 36.7. The molecular formula is C17H19F3N2O4. The average Bonchev–Trinajstić information content (AvgIpc) is 2.58. The summed E-state index contributed by atoms with van der Waals surface area (Å²) >= 11 is 0. The third-order valence-electron chi connectivity index (χ3n) is 4.45. The largest absolute Gasteiger partial charge is 0.481 e. The highest BCUT2D eigenvalue weighted by atomic mass is 19.4. The van der Waals surface area contributed by atoms with Gasteiger partial charge in [-0.3, -0.25) is 14.4 Å². The number of hydrogen-bond acceptors (Lipinski definition) is 3. The van der Waals surface area contributed by atoms with E-state index in [1.807, 2.05) is 0 Å². The number of carboxylic acids is 1. The molecule has 6 nitrogen and oxygen atoms in total. The summed E-state index contributed by atoms with van der Waals surface area (Å²) in [6.45, 7) is 2.02. The van der Waals surface area contributed by atoms with E-state index in [-0.39, 0.29) is 37.0 Å². The van der Waals surface area contributed by atoms with E-state index in [1.165, 1.54) is 4.90 Å². The van der Waals surface area contributed by atoms with Crippen molar-refractivity contribution in [3.63, 3.8) is 0 Å². The van der Waals surface area contributed by atoms with Gasteiger partial charge in [-0.1, -0.05) is 6.92 Å². The second-order valence-electron chi connectivity index (χ2n) is 6.31. The molecule has 0 spiro atoms. The first kappa shape index (κ1) is 19.7. The summed E-state index contributed by atoms with van der Waals surface area (Å²) in [6.07, 6.45) is -4.14. The number of aliphatic carboxylic acids is 1. The van der Waals surface area contributed by atoms with Gasteiger partial charge in [0.2, 0.25) is 5.91 Å². The van der Waals surface area contributed by atoms with Gasteiger partial charge >= 0.3 is 12.1 Å². The Balaban J connectivity index is 1.87. The van der Waals surface area contributed by atoms with E-state index in [0.717, 1.165) is 24.3 Å². The summed E-state index contributed by atoms with van der Waals surface area (Å²) in [5.41, 5.74) is -0.843. The van der Waals surface area contributed by atoms with Gasteiger partial charge in [-0.15, -0.1) is 0 Å². The Labute approximate surface area is 148 Å². The maximum Gasteiger partial charge on any atom is 0.416 e. The predicted octanol–water partition coefficient (Wildman–Crippen LogP) is 2.00. The highest BCUT2D eigenvalue weighted by Gasteiger charge is 2.33. The zero-order chi connectivity index (χ0) is 19.5. The van der Waals surface area contributed by atoms with Gasteiger partial charge in [0.15, 0.2) is 0 Å². The number of halogens is 3. The second kappa shape index (κ2) is 7.76. The minimum Gasteiger partial charge on any atom is -0.481 e. The Morgan fingerprint density at radius 3 is 2.35 bits per heavy atom. The molecular weight excluding hydrogens is 353 g/mol. The average molecular weight is 372 g/mol. The van der Waals surface area contributed by atoms with Crippen molar-refractivity contribution in [1.82, 2.24) is 10.2 Å². The quantitative estimate of drug-likeness (QED) is 0.847. The molecule has 0 saturated carbocycles. The molecule has 2 atom stereocenters. The number of piperidine rings is 1. The smallest absolute Gasteiger partial charge is 0.416 e. The summed E-state index contributed by atoms with van der Waals surface area (Å²) in [5, 5.41) is 11.4. The van der Waals surface area contributed by atoms with E-state index >= 15 is 0 Å². The lowest BCUT2D eigenvalue weighted by atomic mass is 9.87. The molecule has 1 aliphatic rings. The SMILES string of the molecule is CC1CN(C(=O)CNC(=O)c2ccc(C(F)(F)F)cc2)CCC1C(=O)O. The van der Waals surface area contributed by atoms with Crippen LogP contribution in [0, 0.1) is 11.8 Å². The number of carbonyl (C=O) groups is 3. The Kier molecular flexibility index (Phi) is 5.89. The van der Waals surface area contributed by atoms with E-state index in [9.17, 15) is 27.6 Å². The molecule has 2 N–H and O–H groups in total. The van der Waals surface area contributed by atoms with E-state index in [1.54, 1.807) is 6.92 Å². The lowest BCUT2D eigenvalue weighted by Crippen LogP contribution is -2.48. The van der Waals surface area contributed by atoms with Crippen molar-refractivity contribution in [2.75, 3.05) is 19.6 Å². The van der Waals surface area contributed by atoms with Crippen LogP contribution in [0.25, 0.3) is 0 Å². The van der Waals surface area contributed by atoms with Crippen LogP contribution in [0.1, 0.15) is 29.3 Å². The molecule has 1 aliphatic heterocycles. The van der Waals surface area contributed by atoms with Crippen LogP contribution in [-0.4, -0.2) is 47.4 Å². The first-order chi connectivity index (χ1) is 12.1. The maximum atomic E-state index is 12.5.